The Bertz CT molecular complexity index is 957. The highest BCUT2D eigenvalue weighted by Gasteiger charge is 2.26. The van der Waals surface area contributed by atoms with Crippen molar-refractivity contribution in [3.63, 3.8) is 0 Å². The molecule has 8 heteroatoms. The number of benzene rings is 2. The normalized spacial score (nSPS) is 13.1. The topological polar surface area (TPSA) is 124 Å². The lowest BCUT2D eigenvalue weighted by molar-refractivity contribution is -0.144. The molecule has 0 bridgehead atoms. The molecule has 8 nitrogen and oxygen atoms in total. The van der Waals surface area contributed by atoms with Gasteiger partial charge in [0.25, 0.3) is 0 Å². The number of carbonyl (C=O) groups excluding carboxylic acids is 1. The molecule has 0 saturated carbocycles. The van der Waals surface area contributed by atoms with Crippen LogP contribution < -0.4 is 10.8 Å². The van der Waals surface area contributed by atoms with Crippen molar-refractivity contribution in [2.45, 2.75) is 25.1 Å². The zero-order valence-electron chi connectivity index (χ0n) is 15.7. The van der Waals surface area contributed by atoms with Crippen LogP contribution in [0.25, 0.3) is 10.9 Å². The van der Waals surface area contributed by atoms with Gasteiger partial charge in [0.15, 0.2) is 0 Å². The molecule has 0 saturated heterocycles. The molecule has 2 aromatic carbocycles. The maximum atomic E-state index is 12.7. The summed E-state index contributed by atoms with van der Waals surface area (Å²) < 4.78 is 0. The standard InChI is InChI=1S/C21H23N3O5/c25-12-19(21(27)28)23-20(26)18(24-29-13-14-6-2-1-3-7-14)10-15-11-22-17-9-5-4-8-16(15)17/h1-9,11,18-19,22,24-25H,10,12-13H2,(H,23,26)(H,27,28)/t18?,19-/m0/s1. The van der Waals surface area contributed by atoms with Crippen molar-refractivity contribution in [3.05, 3.63) is 71.9 Å². The summed E-state index contributed by atoms with van der Waals surface area (Å²) in [4.78, 5) is 32.5. The van der Waals surface area contributed by atoms with E-state index < -0.39 is 30.6 Å². The van der Waals surface area contributed by atoms with Gasteiger partial charge in [-0.1, -0.05) is 48.5 Å². The Balaban J connectivity index is 1.72. The van der Waals surface area contributed by atoms with E-state index >= 15 is 0 Å². The first-order chi connectivity index (χ1) is 14.1. The van der Waals surface area contributed by atoms with Crippen LogP contribution >= 0.6 is 0 Å². The molecule has 0 fully saturated rings. The van der Waals surface area contributed by atoms with E-state index in [1.807, 2.05) is 60.8 Å². The Morgan fingerprint density at radius 2 is 1.76 bits per heavy atom. The number of hydrogen-bond donors (Lipinski definition) is 5. The Morgan fingerprint density at radius 3 is 2.48 bits per heavy atom. The number of fused-ring (bicyclic) bond motifs is 1. The first-order valence-corrected chi connectivity index (χ1v) is 9.18. The van der Waals surface area contributed by atoms with Crippen LogP contribution in [0.2, 0.25) is 0 Å². The number of rotatable bonds is 10. The third-order valence-corrected chi connectivity index (χ3v) is 4.52. The van der Waals surface area contributed by atoms with Gasteiger partial charge in [-0.3, -0.25) is 9.63 Å². The van der Waals surface area contributed by atoms with E-state index in [-0.39, 0.29) is 13.0 Å². The van der Waals surface area contributed by atoms with Crippen molar-refractivity contribution in [2.24, 2.45) is 0 Å². The van der Waals surface area contributed by atoms with Crippen LogP contribution in [-0.4, -0.2) is 45.8 Å². The quantitative estimate of drug-likeness (QED) is 0.329. The number of para-hydroxylation sites is 1. The lowest BCUT2D eigenvalue weighted by Crippen LogP contribution is -2.52. The first-order valence-electron chi connectivity index (χ1n) is 9.18. The van der Waals surface area contributed by atoms with Crippen molar-refractivity contribution in [2.75, 3.05) is 6.61 Å². The molecular weight excluding hydrogens is 374 g/mol. The van der Waals surface area contributed by atoms with Crippen LogP contribution in [0.5, 0.6) is 0 Å². The number of aliphatic hydroxyl groups is 1. The highest BCUT2D eigenvalue weighted by atomic mass is 16.6. The summed E-state index contributed by atoms with van der Waals surface area (Å²) in [5.41, 5.74) is 5.48. The van der Waals surface area contributed by atoms with Crippen LogP contribution in [0.15, 0.2) is 60.8 Å². The van der Waals surface area contributed by atoms with Crippen molar-refractivity contribution in [1.29, 1.82) is 0 Å². The summed E-state index contributed by atoms with van der Waals surface area (Å²) in [7, 11) is 0. The van der Waals surface area contributed by atoms with Crippen LogP contribution in [0.3, 0.4) is 0 Å². The van der Waals surface area contributed by atoms with Gasteiger partial charge in [0.2, 0.25) is 5.91 Å². The number of amides is 1. The van der Waals surface area contributed by atoms with E-state index in [1.165, 1.54) is 0 Å². The van der Waals surface area contributed by atoms with Crippen LogP contribution in [0, 0.1) is 0 Å². The summed E-state index contributed by atoms with van der Waals surface area (Å²) >= 11 is 0. The molecule has 2 atom stereocenters. The average molecular weight is 397 g/mol. The van der Waals surface area contributed by atoms with Crippen molar-refractivity contribution in [1.82, 2.24) is 15.8 Å². The number of carbonyl (C=O) groups is 2. The monoisotopic (exact) mass is 397 g/mol. The summed E-state index contributed by atoms with van der Waals surface area (Å²) in [6.07, 6.45) is 2.08. The molecule has 0 aliphatic carbocycles. The minimum Gasteiger partial charge on any atom is -0.480 e. The molecule has 3 aromatic rings. The van der Waals surface area contributed by atoms with Gasteiger partial charge < -0.3 is 20.5 Å². The molecule has 1 unspecified atom stereocenters. The van der Waals surface area contributed by atoms with Gasteiger partial charge in [0.05, 0.1) is 13.2 Å². The lowest BCUT2D eigenvalue weighted by atomic mass is 10.0. The molecule has 0 spiro atoms. The number of aliphatic hydroxyl groups excluding tert-OH is 1. The van der Waals surface area contributed by atoms with Crippen LogP contribution in [0.1, 0.15) is 11.1 Å². The summed E-state index contributed by atoms with van der Waals surface area (Å²) in [6.45, 7) is -0.466. The number of aromatic nitrogens is 1. The van der Waals surface area contributed by atoms with Crippen molar-refractivity contribution in [3.8, 4) is 0 Å². The van der Waals surface area contributed by atoms with E-state index in [4.69, 9.17) is 9.94 Å². The molecule has 1 amide bonds. The van der Waals surface area contributed by atoms with Gasteiger partial charge in [-0.25, -0.2) is 4.79 Å². The van der Waals surface area contributed by atoms with Gasteiger partial charge in [0, 0.05) is 23.5 Å². The molecule has 0 radical (unpaired) electrons. The number of carboxylic acids is 1. The number of nitrogens with one attached hydrogen (secondary N) is 3. The Morgan fingerprint density at radius 1 is 1.03 bits per heavy atom. The predicted molar refractivity (Wildman–Crippen MR) is 107 cm³/mol. The maximum Gasteiger partial charge on any atom is 0.328 e. The largest absolute Gasteiger partial charge is 0.480 e. The molecule has 29 heavy (non-hydrogen) atoms. The van der Waals surface area contributed by atoms with Crippen molar-refractivity contribution >= 4 is 22.8 Å². The third-order valence-electron chi connectivity index (χ3n) is 4.52. The number of aromatic amines is 1. The molecule has 1 heterocycles. The summed E-state index contributed by atoms with van der Waals surface area (Å²) in [6, 6.07) is 14.9. The average Bonchev–Trinajstić information content (AvgIpc) is 3.14. The number of carboxylic acid groups (broad SMARTS) is 1. The van der Waals surface area contributed by atoms with Gasteiger partial charge in [-0.05, 0) is 17.2 Å². The molecule has 5 N–H and O–H groups in total. The van der Waals surface area contributed by atoms with E-state index in [9.17, 15) is 14.7 Å². The number of hydroxylamine groups is 1. The van der Waals surface area contributed by atoms with Crippen molar-refractivity contribution < 1.29 is 24.6 Å². The van der Waals surface area contributed by atoms with Gasteiger partial charge >= 0.3 is 5.97 Å². The minimum atomic E-state index is -1.39. The molecule has 1 aromatic heterocycles. The van der Waals surface area contributed by atoms with E-state index in [0.29, 0.717) is 0 Å². The van der Waals surface area contributed by atoms with Gasteiger partial charge in [-0.2, -0.15) is 5.48 Å². The fourth-order valence-electron chi connectivity index (χ4n) is 2.97. The number of hydrogen-bond acceptors (Lipinski definition) is 5. The fourth-order valence-corrected chi connectivity index (χ4v) is 2.97. The molecule has 0 aliphatic heterocycles. The molecule has 3 rings (SSSR count). The molecule has 152 valence electrons. The van der Waals surface area contributed by atoms with E-state index in [0.717, 1.165) is 22.0 Å². The summed E-state index contributed by atoms with van der Waals surface area (Å²) in [5, 5.41) is 21.6. The highest BCUT2D eigenvalue weighted by Crippen LogP contribution is 2.19. The van der Waals surface area contributed by atoms with E-state index in [2.05, 4.69) is 15.8 Å². The Labute approximate surface area is 167 Å². The molecule has 0 aliphatic rings. The first kappa shape index (κ1) is 20.5. The molecular formula is C21H23N3O5. The lowest BCUT2D eigenvalue weighted by Gasteiger charge is -2.20. The second-order valence-electron chi connectivity index (χ2n) is 6.59. The zero-order chi connectivity index (χ0) is 20.6. The Hall–Kier alpha value is -3.20. The predicted octanol–water partition coefficient (Wildman–Crippen LogP) is 1.36. The summed E-state index contributed by atoms with van der Waals surface area (Å²) in [5.74, 6) is -1.89. The Kier molecular flexibility index (Phi) is 6.96. The maximum absolute atomic E-state index is 12.7. The smallest absolute Gasteiger partial charge is 0.328 e. The fraction of sp³-hybridized carbons (Fsp3) is 0.238. The van der Waals surface area contributed by atoms with Crippen LogP contribution in [0.4, 0.5) is 0 Å². The van der Waals surface area contributed by atoms with Gasteiger partial charge in [-0.15, -0.1) is 0 Å². The van der Waals surface area contributed by atoms with Crippen LogP contribution in [-0.2, 0) is 27.5 Å². The second kappa shape index (κ2) is 9.83. The second-order valence-corrected chi connectivity index (χ2v) is 6.59. The number of aliphatic carboxylic acids is 1. The number of H-pyrrole nitrogens is 1. The zero-order valence-corrected chi connectivity index (χ0v) is 15.7. The van der Waals surface area contributed by atoms with Gasteiger partial charge in [0.1, 0.15) is 12.1 Å². The van der Waals surface area contributed by atoms with E-state index in [1.54, 1.807) is 0 Å². The third kappa shape index (κ3) is 5.41. The highest BCUT2D eigenvalue weighted by molar-refractivity contribution is 5.88. The minimum absolute atomic E-state index is 0.237. The SMILES string of the molecule is O=C(N[C@@H](CO)C(=O)O)C(Cc1c[nH]c2ccccc12)NOCc1ccccc1.